The number of hydrogen-bond donors (Lipinski definition) is 5. The molecule has 2 amide bonds. The van der Waals surface area contributed by atoms with E-state index in [-0.39, 0.29) is 31.4 Å². The van der Waals surface area contributed by atoms with Crippen LogP contribution in [0.15, 0.2) is 85.1 Å². The van der Waals surface area contributed by atoms with E-state index < -0.39 is 72.7 Å². The molecular formula is C33H43F2N4O8PS. The van der Waals surface area contributed by atoms with Gasteiger partial charge in [0.1, 0.15) is 6.04 Å². The van der Waals surface area contributed by atoms with Gasteiger partial charge in [-0.3, -0.25) is 19.1 Å². The van der Waals surface area contributed by atoms with Crippen LogP contribution in [0.4, 0.5) is 8.78 Å². The van der Waals surface area contributed by atoms with Gasteiger partial charge in [0, 0.05) is 24.7 Å². The van der Waals surface area contributed by atoms with Gasteiger partial charge in [0.2, 0.25) is 21.8 Å². The second kappa shape index (κ2) is 18.4. The summed E-state index contributed by atoms with van der Waals surface area (Å²) in [5, 5.41) is 4.91. The Balaban J connectivity index is 1.78. The molecule has 49 heavy (non-hydrogen) atoms. The average molecular weight is 725 g/mol. The first-order valence-corrected chi connectivity index (χ1v) is 18.9. The van der Waals surface area contributed by atoms with Crippen molar-refractivity contribution >= 4 is 29.7 Å². The standard InChI is InChI=1S/C33H43F2N4O8PS/c1-24(2)30(39-29(40)23-37-49(45,46)22-19-27-15-9-10-21-36-27)32(41)38-28(17-16-25-11-5-3-6-12-25)31(47-48(42,43)44)33(34,35)20-18-26-13-7-4-8-14-26/h3-15,21,24,28,30-31,37H,16-20,22-23H2,1-2H3,(H,38,41)(H,39,40)(H2,42,43,44). The Morgan fingerprint density at radius 3 is 2.04 bits per heavy atom. The number of carbonyl (C=O) groups is 2. The van der Waals surface area contributed by atoms with E-state index in [1.54, 1.807) is 92.7 Å². The summed E-state index contributed by atoms with van der Waals surface area (Å²) in [5.41, 5.74) is 1.83. The van der Waals surface area contributed by atoms with Gasteiger partial charge in [-0.2, -0.15) is 0 Å². The Bertz CT molecular complexity index is 1630. The molecule has 268 valence electrons. The van der Waals surface area contributed by atoms with Gasteiger partial charge in [-0.25, -0.2) is 26.5 Å². The third-order valence-electron chi connectivity index (χ3n) is 7.61. The van der Waals surface area contributed by atoms with Crippen LogP contribution in [-0.2, 0) is 48.0 Å². The smallest absolute Gasteiger partial charge is 0.349 e. The van der Waals surface area contributed by atoms with Crippen molar-refractivity contribution in [3.8, 4) is 0 Å². The van der Waals surface area contributed by atoms with Crippen molar-refractivity contribution in [3.05, 3.63) is 102 Å². The lowest BCUT2D eigenvalue weighted by molar-refractivity contribution is -0.138. The quantitative estimate of drug-likeness (QED) is 0.109. The fourth-order valence-electron chi connectivity index (χ4n) is 5.02. The van der Waals surface area contributed by atoms with Crippen molar-refractivity contribution in [1.82, 2.24) is 20.3 Å². The first-order valence-electron chi connectivity index (χ1n) is 15.7. The van der Waals surface area contributed by atoms with Gasteiger partial charge in [-0.1, -0.05) is 80.6 Å². The Labute approximate surface area is 285 Å². The summed E-state index contributed by atoms with van der Waals surface area (Å²) in [5.74, 6) is -6.53. The van der Waals surface area contributed by atoms with E-state index in [9.17, 15) is 32.4 Å². The predicted octanol–water partition coefficient (Wildman–Crippen LogP) is 3.55. The van der Waals surface area contributed by atoms with Crippen LogP contribution in [0.5, 0.6) is 0 Å². The number of aromatic nitrogens is 1. The highest BCUT2D eigenvalue weighted by Crippen LogP contribution is 2.44. The summed E-state index contributed by atoms with van der Waals surface area (Å²) >= 11 is 0. The van der Waals surface area contributed by atoms with Gasteiger partial charge < -0.3 is 20.4 Å². The molecule has 0 radical (unpaired) electrons. The van der Waals surface area contributed by atoms with Crippen molar-refractivity contribution in [2.75, 3.05) is 12.3 Å². The zero-order chi connectivity index (χ0) is 36.1. The van der Waals surface area contributed by atoms with E-state index in [0.29, 0.717) is 16.8 Å². The largest absolute Gasteiger partial charge is 0.470 e. The molecule has 1 heterocycles. The van der Waals surface area contributed by atoms with Crippen molar-refractivity contribution in [2.24, 2.45) is 5.92 Å². The van der Waals surface area contributed by atoms with Crippen LogP contribution in [0.2, 0.25) is 0 Å². The number of alkyl halides is 2. The van der Waals surface area contributed by atoms with E-state index in [0.717, 1.165) is 0 Å². The lowest BCUT2D eigenvalue weighted by atomic mass is 9.93. The van der Waals surface area contributed by atoms with E-state index in [2.05, 4.69) is 20.3 Å². The normalized spacial score (nSPS) is 14.2. The van der Waals surface area contributed by atoms with E-state index in [4.69, 9.17) is 4.52 Å². The summed E-state index contributed by atoms with van der Waals surface area (Å²) in [4.78, 5) is 49.8. The Hall–Kier alpha value is -3.59. The number of carbonyl (C=O) groups excluding carboxylic acids is 2. The van der Waals surface area contributed by atoms with Crippen LogP contribution in [0, 0.1) is 5.92 Å². The van der Waals surface area contributed by atoms with E-state index >= 15 is 8.78 Å². The van der Waals surface area contributed by atoms with Crippen LogP contribution in [0.3, 0.4) is 0 Å². The highest BCUT2D eigenvalue weighted by molar-refractivity contribution is 7.89. The number of nitrogens with zero attached hydrogens (tertiary/aromatic N) is 1. The van der Waals surface area contributed by atoms with Crippen molar-refractivity contribution in [3.63, 3.8) is 0 Å². The van der Waals surface area contributed by atoms with Crippen LogP contribution in [0.1, 0.15) is 43.5 Å². The predicted molar refractivity (Wildman–Crippen MR) is 180 cm³/mol. The molecular weight excluding hydrogens is 681 g/mol. The number of nitrogens with one attached hydrogen (secondary N) is 3. The van der Waals surface area contributed by atoms with E-state index in [1.807, 2.05) is 0 Å². The number of amides is 2. The maximum atomic E-state index is 15.9. The summed E-state index contributed by atoms with van der Waals surface area (Å²) in [6.07, 6.45) is -1.86. The fraction of sp³-hybridized carbons (Fsp3) is 0.424. The molecule has 3 rings (SSSR count). The molecule has 3 unspecified atom stereocenters. The maximum Gasteiger partial charge on any atom is 0.470 e. The summed E-state index contributed by atoms with van der Waals surface area (Å²) in [6, 6.07) is 19.2. The number of phosphoric ester groups is 1. The number of sulfonamides is 1. The second-order valence-electron chi connectivity index (χ2n) is 11.9. The molecule has 0 saturated carbocycles. The first kappa shape index (κ1) is 39.8. The number of aryl methyl sites for hydroxylation is 3. The Morgan fingerprint density at radius 1 is 0.898 bits per heavy atom. The molecule has 5 N–H and O–H groups in total. The van der Waals surface area contributed by atoms with E-state index in [1.165, 1.54) is 6.20 Å². The first-order chi connectivity index (χ1) is 23.0. The third-order valence-corrected chi connectivity index (χ3v) is 9.44. The second-order valence-corrected chi connectivity index (χ2v) is 15.0. The Kier molecular flexibility index (Phi) is 15.0. The number of rotatable bonds is 20. The zero-order valence-electron chi connectivity index (χ0n) is 27.2. The molecule has 0 aliphatic heterocycles. The van der Waals surface area contributed by atoms with Crippen molar-refractivity contribution in [2.45, 2.75) is 70.1 Å². The lowest BCUT2D eigenvalue weighted by Crippen LogP contribution is -2.58. The lowest BCUT2D eigenvalue weighted by Gasteiger charge is -2.35. The summed E-state index contributed by atoms with van der Waals surface area (Å²) in [7, 11) is -9.39. The van der Waals surface area contributed by atoms with Crippen LogP contribution in [-0.4, -0.2) is 71.4 Å². The molecule has 16 heteroatoms. The molecule has 0 fully saturated rings. The molecule has 3 atom stereocenters. The zero-order valence-corrected chi connectivity index (χ0v) is 29.0. The molecule has 0 saturated heterocycles. The monoisotopic (exact) mass is 724 g/mol. The molecule has 0 aliphatic carbocycles. The molecule has 12 nitrogen and oxygen atoms in total. The minimum Gasteiger partial charge on any atom is -0.349 e. The summed E-state index contributed by atoms with van der Waals surface area (Å²) in [6.45, 7) is 2.47. The Morgan fingerprint density at radius 2 is 1.49 bits per heavy atom. The number of benzene rings is 2. The van der Waals surface area contributed by atoms with Crippen LogP contribution in [0.25, 0.3) is 0 Å². The van der Waals surface area contributed by atoms with Gasteiger partial charge in [0.05, 0.1) is 18.3 Å². The molecule has 0 aliphatic rings. The topological polar surface area (TPSA) is 184 Å². The maximum absolute atomic E-state index is 15.9. The molecule has 0 spiro atoms. The molecule has 0 bridgehead atoms. The van der Waals surface area contributed by atoms with Gasteiger partial charge >= 0.3 is 7.82 Å². The van der Waals surface area contributed by atoms with Crippen LogP contribution >= 0.6 is 7.82 Å². The number of pyridine rings is 1. The fourth-order valence-corrected chi connectivity index (χ4v) is 6.59. The van der Waals surface area contributed by atoms with Gasteiger partial charge in [0.25, 0.3) is 5.92 Å². The average Bonchev–Trinajstić information content (AvgIpc) is 3.06. The van der Waals surface area contributed by atoms with Crippen LogP contribution < -0.4 is 15.4 Å². The van der Waals surface area contributed by atoms with Gasteiger partial charge in [0.15, 0.2) is 6.10 Å². The highest BCUT2D eigenvalue weighted by atomic mass is 32.2. The minimum absolute atomic E-state index is 0.104. The number of hydrogen-bond acceptors (Lipinski definition) is 7. The van der Waals surface area contributed by atoms with Crippen molar-refractivity contribution in [1.29, 1.82) is 0 Å². The molecule has 1 aromatic heterocycles. The highest BCUT2D eigenvalue weighted by Gasteiger charge is 2.49. The molecule has 2 aromatic carbocycles. The summed E-state index contributed by atoms with van der Waals surface area (Å²) < 4.78 is 75.7. The third kappa shape index (κ3) is 14.4. The number of halogens is 2. The van der Waals surface area contributed by atoms with Gasteiger partial charge in [-0.15, -0.1) is 0 Å². The SMILES string of the molecule is CC(C)C(NC(=O)CNS(=O)(=O)CCc1ccccn1)C(=O)NC(CCc1ccccc1)C(OP(=O)(O)O)C(F)(F)CCc1ccccc1. The van der Waals surface area contributed by atoms with Gasteiger partial charge in [-0.05, 0) is 48.4 Å². The molecule has 3 aromatic rings. The minimum atomic E-state index is -5.49. The number of phosphoric acid groups is 1. The van der Waals surface area contributed by atoms with Crippen molar-refractivity contribution < 1.29 is 45.7 Å².